The van der Waals surface area contributed by atoms with E-state index in [-0.39, 0.29) is 5.04 Å². The Hall–Kier alpha value is -1.10. The second kappa shape index (κ2) is 18.2. The number of ether oxygens (including phenoxy) is 5. The van der Waals surface area contributed by atoms with Gasteiger partial charge in [-0.05, 0) is 15.4 Å². The van der Waals surface area contributed by atoms with Gasteiger partial charge in [-0.2, -0.15) is 0 Å². The normalized spacial score (nSPS) is 12.2. The molecule has 0 heterocycles. The van der Waals surface area contributed by atoms with Gasteiger partial charge in [-0.3, -0.25) is 0 Å². The Morgan fingerprint density at radius 1 is 0.528 bits per heavy atom. The lowest BCUT2D eigenvalue weighted by Gasteiger charge is -2.43. The Morgan fingerprint density at radius 3 is 1.19 bits per heavy atom. The molecular weight excluding hydrogens is 540 g/mol. The lowest BCUT2D eigenvalue weighted by atomic mass is 10.2. The van der Waals surface area contributed by atoms with Gasteiger partial charge < -0.3 is 28.1 Å². The first-order chi connectivity index (χ1) is 17.5. The van der Waals surface area contributed by atoms with Crippen LogP contribution in [0.5, 0.6) is 0 Å². The zero-order valence-corrected chi connectivity index (χ0v) is 24.7. The van der Waals surface area contributed by atoms with Crippen molar-refractivity contribution < 1.29 is 28.1 Å². The summed E-state index contributed by atoms with van der Waals surface area (Å²) in [4.78, 5) is 0. The van der Waals surface area contributed by atoms with Crippen molar-refractivity contribution in [1.82, 2.24) is 0 Å². The number of alkyl halides is 1. The van der Waals surface area contributed by atoms with Crippen molar-refractivity contribution in [3.8, 4) is 0 Å². The molecule has 0 spiro atoms. The van der Waals surface area contributed by atoms with Gasteiger partial charge in [-0.1, -0.05) is 97.4 Å². The molecule has 0 aromatic heterocycles. The SMILES string of the molecule is CC(C)(C)[Si](OCCOCCOCCOCCOCCOCCBr)(c1ccccc1)c1ccccc1. The zero-order chi connectivity index (χ0) is 26.0. The highest BCUT2D eigenvalue weighted by Gasteiger charge is 2.49. The van der Waals surface area contributed by atoms with E-state index >= 15 is 0 Å². The average molecular weight is 584 g/mol. The fourth-order valence-corrected chi connectivity index (χ4v) is 8.83. The molecular formula is C28H43BrO6Si. The summed E-state index contributed by atoms with van der Waals surface area (Å²) in [5.74, 6) is 0. The van der Waals surface area contributed by atoms with Gasteiger partial charge in [0.15, 0.2) is 0 Å². The summed E-state index contributed by atoms with van der Waals surface area (Å²) >= 11 is 3.31. The number of rotatable bonds is 20. The fourth-order valence-electron chi connectivity index (χ4n) is 4.05. The van der Waals surface area contributed by atoms with Crippen molar-refractivity contribution in [2.24, 2.45) is 0 Å². The molecule has 0 aliphatic heterocycles. The monoisotopic (exact) mass is 582 g/mol. The summed E-state index contributed by atoms with van der Waals surface area (Å²) in [5.41, 5.74) is 0. The Labute approximate surface area is 226 Å². The standard InChI is InChI=1S/C28H43BrO6Si/c1-28(2,3)36(26-10-6-4-7-11-26,27-12-8-5-9-13-27)35-25-24-34-23-22-33-21-20-32-19-18-31-17-16-30-15-14-29/h4-13H,14-25H2,1-3H3. The van der Waals surface area contributed by atoms with Gasteiger partial charge in [0.05, 0.1) is 72.7 Å². The van der Waals surface area contributed by atoms with E-state index in [0.29, 0.717) is 72.7 Å². The first-order valence-corrected chi connectivity index (χ1v) is 15.7. The maximum atomic E-state index is 6.82. The van der Waals surface area contributed by atoms with Crippen LogP contribution in [0.25, 0.3) is 0 Å². The highest BCUT2D eigenvalue weighted by molar-refractivity contribution is 9.09. The third-order valence-electron chi connectivity index (χ3n) is 5.67. The summed E-state index contributed by atoms with van der Waals surface area (Å²) in [7, 11) is -2.51. The van der Waals surface area contributed by atoms with E-state index in [9.17, 15) is 0 Å². The van der Waals surface area contributed by atoms with Crippen LogP contribution in [-0.4, -0.2) is 86.3 Å². The molecule has 202 valence electrons. The Morgan fingerprint density at radius 2 is 0.861 bits per heavy atom. The molecule has 0 N–H and O–H groups in total. The summed E-state index contributed by atoms with van der Waals surface area (Å²) in [5, 5.41) is 3.36. The second-order valence-corrected chi connectivity index (χ2v) is 14.4. The summed E-state index contributed by atoms with van der Waals surface area (Å²) in [6.45, 7) is 13.1. The van der Waals surface area contributed by atoms with Crippen LogP contribution in [0.1, 0.15) is 20.8 Å². The molecule has 2 aromatic carbocycles. The molecule has 0 amide bonds. The van der Waals surface area contributed by atoms with Gasteiger partial charge in [0.25, 0.3) is 8.32 Å². The number of benzene rings is 2. The Balaban J connectivity index is 1.65. The smallest absolute Gasteiger partial charge is 0.261 e. The predicted octanol–water partition coefficient (Wildman–Crippen LogP) is 4.04. The average Bonchev–Trinajstić information content (AvgIpc) is 2.88. The van der Waals surface area contributed by atoms with Crippen LogP contribution in [0.4, 0.5) is 0 Å². The minimum atomic E-state index is -2.51. The van der Waals surface area contributed by atoms with Gasteiger partial charge in [0.1, 0.15) is 0 Å². The van der Waals surface area contributed by atoms with E-state index in [1.165, 1.54) is 10.4 Å². The molecule has 0 radical (unpaired) electrons. The van der Waals surface area contributed by atoms with E-state index in [1.54, 1.807) is 0 Å². The lowest BCUT2D eigenvalue weighted by molar-refractivity contribution is -0.0120. The van der Waals surface area contributed by atoms with Crippen molar-refractivity contribution in [2.45, 2.75) is 25.8 Å². The largest absolute Gasteiger partial charge is 0.405 e. The van der Waals surface area contributed by atoms with Crippen molar-refractivity contribution in [1.29, 1.82) is 0 Å². The van der Waals surface area contributed by atoms with Gasteiger partial charge >= 0.3 is 0 Å². The van der Waals surface area contributed by atoms with Crippen LogP contribution >= 0.6 is 15.9 Å². The van der Waals surface area contributed by atoms with Gasteiger partial charge in [-0.15, -0.1) is 0 Å². The molecule has 2 aromatic rings. The molecule has 0 saturated heterocycles. The number of hydrogen-bond donors (Lipinski definition) is 0. The molecule has 0 atom stereocenters. The second-order valence-electron chi connectivity index (χ2n) is 9.26. The summed E-state index contributed by atoms with van der Waals surface area (Å²) in [6, 6.07) is 21.3. The van der Waals surface area contributed by atoms with E-state index in [4.69, 9.17) is 28.1 Å². The number of halogens is 1. The molecule has 2 rings (SSSR count). The molecule has 6 nitrogen and oxygen atoms in total. The fraction of sp³-hybridized carbons (Fsp3) is 0.571. The first kappa shape index (κ1) is 31.1. The van der Waals surface area contributed by atoms with Gasteiger partial charge in [0.2, 0.25) is 0 Å². The van der Waals surface area contributed by atoms with Crippen LogP contribution < -0.4 is 10.4 Å². The van der Waals surface area contributed by atoms with Crippen LogP contribution in [0, 0.1) is 0 Å². The molecule has 8 heteroatoms. The zero-order valence-electron chi connectivity index (χ0n) is 22.1. The Bertz CT molecular complexity index is 748. The molecule has 0 bridgehead atoms. The molecule has 36 heavy (non-hydrogen) atoms. The van der Waals surface area contributed by atoms with Crippen LogP contribution in [0.3, 0.4) is 0 Å². The maximum absolute atomic E-state index is 6.82. The molecule has 0 unspecified atom stereocenters. The molecule has 0 aliphatic rings. The van der Waals surface area contributed by atoms with E-state index in [2.05, 4.69) is 97.4 Å². The third-order valence-corrected chi connectivity index (χ3v) is 11.0. The lowest BCUT2D eigenvalue weighted by Crippen LogP contribution is -2.66. The third kappa shape index (κ3) is 10.7. The molecule has 0 aliphatic carbocycles. The maximum Gasteiger partial charge on any atom is 0.261 e. The van der Waals surface area contributed by atoms with Crippen LogP contribution in [0.15, 0.2) is 60.7 Å². The number of hydrogen-bond acceptors (Lipinski definition) is 6. The van der Waals surface area contributed by atoms with Gasteiger partial charge in [-0.25, -0.2) is 0 Å². The van der Waals surface area contributed by atoms with Crippen molar-refractivity contribution in [3.63, 3.8) is 0 Å². The van der Waals surface area contributed by atoms with Crippen LogP contribution in [-0.2, 0) is 28.1 Å². The molecule has 0 fully saturated rings. The predicted molar refractivity (Wildman–Crippen MR) is 151 cm³/mol. The van der Waals surface area contributed by atoms with Crippen molar-refractivity contribution in [2.75, 3.05) is 78.0 Å². The highest BCUT2D eigenvalue weighted by Crippen LogP contribution is 2.36. The van der Waals surface area contributed by atoms with E-state index in [1.807, 2.05) is 0 Å². The minimum absolute atomic E-state index is 0.0367. The summed E-state index contributed by atoms with van der Waals surface area (Å²) < 4.78 is 34.5. The quantitative estimate of drug-likeness (QED) is 0.133. The van der Waals surface area contributed by atoms with Gasteiger partial charge in [0, 0.05) is 5.33 Å². The van der Waals surface area contributed by atoms with Crippen LogP contribution in [0.2, 0.25) is 5.04 Å². The van der Waals surface area contributed by atoms with E-state index in [0.717, 1.165) is 5.33 Å². The first-order valence-electron chi connectivity index (χ1n) is 12.7. The van der Waals surface area contributed by atoms with Crippen molar-refractivity contribution >= 4 is 34.6 Å². The minimum Gasteiger partial charge on any atom is -0.405 e. The van der Waals surface area contributed by atoms with E-state index < -0.39 is 8.32 Å². The van der Waals surface area contributed by atoms with Crippen molar-refractivity contribution in [3.05, 3.63) is 60.7 Å². The highest BCUT2D eigenvalue weighted by atomic mass is 79.9. The molecule has 0 saturated carbocycles. The Kier molecular flexibility index (Phi) is 15.7. The topological polar surface area (TPSA) is 55.4 Å². The summed E-state index contributed by atoms with van der Waals surface area (Å²) in [6.07, 6.45) is 0.